The molecule has 6 rings (SSSR count). The van der Waals surface area contributed by atoms with Crippen LogP contribution in [0, 0.1) is 25.7 Å². The number of Topliss-reactive ketones (excluding diaryl/α,β-unsaturated/α-hetero) is 1. The molecule has 2 atom stereocenters. The van der Waals surface area contributed by atoms with Crippen LogP contribution in [0.15, 0.2) is 112 Å². The van der Waals surface area contributed by atoms with Crippen LogP contribution in [0.4, 0.5) is 0 Å². The van der Waals surface area contributed by atoms with Gasteiger partial charge in [-0.1, -0.05) is 67.9 Å². The van der Waals surface area contributed by atoms with Gasteiger partial charge in [0.05, 0.1) is 11.3 Å². The molecule has 0 spiro atoms. The summed E-state index contributed by atoms with van der Waals surface area (Å²) in [5.74, 6) is 1.30. The van der Waals surface area contributed by atoms with Crippen molar-refractivity contribution in [3.05, 3.63) is 141 Å². The van der Waals surface area contributed by atoms with Crippen molar-refractivity contribution in [1.29, 1.82) is 0 Å². The van der Waals surface area contributed by atoms with Crippen LogP contribution in [0.3, 0.4) is 0 Å². The number of benzene rings is 4. The van der Waals surface area contributed by atoms with E-state index in [0.717, 1.165) is 59.4 Å². The van der Waals surface area contributed by atoms with Crippen molar-refractivity contribution in [2.75, 3.05) is 11.5 Å². The van der Waals surface area contributed by atoms with E-state index in [1.807, 2.05) is 81.1 Å². The van der Waals surface area contributed by atoms with Gasteiger partial charge >= 0.3 is 149 Å². The second-order valence-electron chi connectivity index (χ2n) is 17.5. The molecule has 370 valence electrons. The first kappa shape index (κ1) is 56.9. The van der Waals surface area contributed by atoms with Crippen molar-refractivity contribution >= 4 is 84.2 Å². The fraction of sp³-hybridized carbons (Fsp3) is 0.411. The number of carbonyl (C=O) groups excluding carboxylic acids is 5. The molecule has 0 bridgehead atoms. The van der Waals surface area contributed by atoms with Crippen LogP contribution in [0.1, 0.15) is 126 Å². The van der Waals surface area contributed by atoms with Crippen molar-refractivity contribution in [1.82, 2.24) is 0 Å². The normalized spacial score (nSPS) is 15.8. The average molecular weight is 1170 g/mol. The van der Waals surface area contributed by atoms with Crippen LogP contribution in [0.2, 0.25) is 0 Å². The maximum Gasteiger partial charge on any atom is 0.167 e. The van der Waals surface area contributed by atoms with E-state index in [0.29, 0.717) is 58.9 Å². The van der Waals surface area contributed by atoms with Crippen LogP contribution in [-0.4, -0.2) is 73.7 Å². The van der Waals surface area contributed by atoms with Crippen LogP contribution in [0.25, 0.3) is 5.57 Å². The number of carbonyl (C=O) groups is 5. The Bertz CT molecular complexity index is 2370. The van der Waals surface area contributed by atoms with Gasteiger partial charge in [-0.15, -0.1) is 23.5 Å². The summed E-state index contributed by atoms with van der Waals surface area (Å²) in [5.41, 5.74) is 7.93. The van der Waals surface area contributed by atoms with Crippen molar-refractivity contribution in [3.63, 3.8) is 0 Å². The summed E-state index contributed by atoms with van der Waals surface area (Å²) in [4.78, 5) is 62.0. The molecule has 10 nitrogen and oxygen atoms in total. The molecular weight excluding hydrogens is 1100 g/mol. The van der Waals surface area contributed by atoms with E-state index in [1.54, 1.807) is 11.8 Å². The van der Waals surface area contributed by atoms with Gasteiger partial charge in [-0.25, -0.2) is 0 Å². The smallest absolute Gasteiger partial charge is 0.167 e. The van der Waals surface area contributed by atoms with Gasteiger partial charge in [-0.3, -0.25) is 9.59 Å². The molecule has 0 radical (unpaired) electrons. The SMILES string of the molecule is CCc1cc(C)cc(CC)[c]1[Pb]([O]C(C)=O)([O]C(C)=O)[O]C(C)=O.CCc1cc(C)cc(CC)c1C1=C(O)CC(CCSc2ccccc2)CC1=O.O=C1C=C(O)CC(CCSc2ccccc2)C1. The van der Waals surface area contributed by atoms with Crippen LogP contribution in [-0.2, 0) is 57.7 Å². The van der Waals surface area contributed by atoms with E-state index in [1.165, 1.54) is 53.3 Å². The van der Waals surface area contributed by atoms with E-state index in [-0.39, 0.29) is 23.2 Å². The minimum absolute atomic E-state index is 0.0588. The maximum atomic E-state index is 13.0. The second kappa shape index (κ2) is 28.2. The Balaban J connectivity index is 0.000000232. The Labute approximate surface area is 424 Å². The quantitative estimate of drug-likeness (QED) is 0.0764. The zero-order valence-corrected chi connectivity index (χ0v) is 47.3. The Morgan fingerprint density at radius 3 is 1.38 bits per heavy atom. The van der Waals surface area contributed by atoms with Gasteiger partial charge < -0.3 is 10.2 Å². The summed E-state index contributed by atoms with van der Waals surface area (Å²) in [6, 6.07) is 28.8. The molecule has 0 aromatic heterocycles. The van der Waals surface area contributed by atoms with Gasteiger partial charge in [-0.05, 0) is 96.9 Å². The first-order valence-electron chi connectivity index (χ1n) is 24.0. The van der Waals surface area contributed by atoms with Crippen molar-refractivity contribution in [3.8, 4) is 0 Å². The largest absolute Gasteiger partial charge is 0.512 e. The fourth-order valence-corrected chi connectivity index (χ4v) is 22.0. The Kier molecular flexibility index (Phi) is 23.3. The van der Waals surface area contributed by atoms with Gasteiger partial charge in [0.25, 0.3) is 0 Å². The molecule has 0 aliphatic heterocycles. The molecule has 0 saturated carbocycles. The molecule has 0 amide bonds. The monoisotopic (exact) mass is 1170 g/mol. The Morgan fingerprint density at radius 1 is 0.594 bits per heavy atom. The molecule has 2 N–H and O–H groups in total. The van der Waals surface area contributed by atoms with Crippen LogP contribution in [0.5, 0.6) is 0 Å². The van der Waals surface area contributed by atoms with Crippen LogP contribution < -0.4 is 3.12 Å². The fourth-order valence-electron chi connectivity index (χ4n) is 8.84. The number of aryl methyl sites for hydroxylation is 6. The topological polar surface area (TPSA) is 154 Å². The molecule has 0 heterocycles. The number of hydrogen-bond acceptors (Lipinski definition) is 12. The average Bonchev–Trinajstić information content (AvgIpc) is 3.28. The number of aliphatic hydroxyl groups excluding tert-OH is 2. The first-order chi connectivity index (χ1) is 32.9. The van der Waals surface area contributed by atoms with E-state index in [9.17, 15) is 34.2 Å². The van der Waals surface area contributed by atoms with Crippen molar-refractivity contribution in [2.45, 2.75) is 136 Å². The molecular formula is C56H70O10PbS2. The molecule has 69 heavy (non-hydrogen) atoms. The second-order valence-corrected chi connectivity index (χ2v) is 28.4. The van der Waals surface area contributed by atoms with Gasteiger partial charge in [-0.2, -0.15) is 0 Å². The number of thioether (sulfide) groups is 2. The number of ketones is 2. The zero-order chi connectivity index (χ0) is 50.7. The summed E-state index contributed by atoms with van der Waals surface area (Å²) in [6.07, 6.45) is 8.66. The molecule has 4 aromatic rings. The number of allylic oxidation sites excluding steroid dienone is 4. The maximum absolute atomic E-state index is 13.0. The van der Waals surface area contributed by atoms with E-state index in [2.05, 4.69) is 57.2 Å². The van der Waals surface area contributed by atoms with E-state index < -0.39 is 40.4 Å². The molecule has 0 fully saturated rings. The zero-order valence-electron chi connectivity index (χ0n) is 41.8. The number of rotatable bonds is 17. The summed E-state index contributed by atoms with van der Waals surface area (Å²) in [7, 11) is 0. The van der Waals surface area contributed by atoms with Gasteiger partial charge in [0.2, 0.25) is 0 Å². The third-order valence-corrected chi connectivity index (χ3v) is 25.2. The minimum atomic E-state index is -5.17. The van der Waals surface area contributed by atoms with E-state index >= 15 is 0 Å². The third-order valence-electron chi connectivity index (χ3n) is 11.7. The minimum Gasteiger partial charge on any atom is -0.512 e. The molecule has 0 saturated heterocycles. The molecule has 2 aliphatic rings. The standard InChI is InChI=1S/C25H30O2S.C14H16O2S.C11H15.3C2H4O2.Pb/c1-4-19-13-17(3)14-20(5-2)24(19)25-22(26)15-18(16-23(25)27)11-12-28-21-9-7-6-8-10-21;15-12-8-11(9-13(16)10-12)6-7-17-14-4-2-1-3-5-14;1-4-10-6-9(3)7-11(5-2)8-10;3*1-2(3)4;/h6-10,13-14,18,26H,4-5,11-12,15-16H2,1-3H3;1-5,10-11,15H,6-9H2;6-7H,4-5H2,1-3H3;3*1H3,(H,3,4);/q;;;;;;+3/p-3. The Hall–Kier alpha value is -4.67. The third kappa shape index (κ3) is 17.6. The molecule has 4 aromatic carbocycles. The molecule has 13 heteroatoms. The summed E-state index contributed by atoms with van der Waals surface area (Å²) in [6.45, 7) is 15.8. The van der Waals surface area contributed by atoms with Crippen LogP contribution >= 0.6 is 23.5 Å². The Morgan fingerprint density at radius 2 is 1.00 bits per heavy atom. The summed E-state index contributed by atoms with van der Waals surface area (Å²) < 4.78 is 17.0. The van der Waals surface area contributed by atoms with E-state index in [4.69, 9.17) is 8.06 Å². The first-order valence-corrected chi connectivity index (χ1v) is 32.7. The van der Waals surface area contributed by atoms with Crippen molar-refractivity contribution < 1.29 is 42.2 Å². The van der Waals surface area contributed by atoms with Gasteiger partial charge in [0.15, 0.2) is 11.6 Å². The number of aliphatic hydroxyl groups is 2. The van der Waals surface area contributed by atoms with Gasteiger partial charge in [0, 0.05) is 41.6 Å². The molecule has 2 unspecified atom stereocenters. The predicted octanol–water partition coefficient (Wildman–Crippen LogP) is 12.1. The molecule has 2 aliphatic carbocycles. The number of hydrogen-bond donors (Lipinski definition) is 2. The summed E-state index contributed by atoms with van der Waals surface area (Å²) >= 11 is -1.55. The predicted molar refractivity (Wildman–Crippen MR) is 280 cm³/mol. The summed E-state index contributed by atoms with van der Waals surface area (Å²) in [5, 5.41) is 20.2. The van der Waals surface area contributed by atoms with Gasteiger partial charge in [0.1, 0.15) is 5.76 Å². The van der Waals surface area contributed by atoms with Crippen molar-refractivity contribution in [2.24, 2.45) is 11.8 Å².